The third kappa shape index (κ3) is 4.80. The summed E-state index contributed by atoms with van der Waals surface area (Å²) in [5.74, 6) is -2.83. The Morgan fingerprint density at radius 2 is 1.64 bits per heavy atom. The molecular formula is C14H27O7P. The zero-order valence-electron chi connectivity index (χ0n) is 14.0. The van der Waals surface area contributed by atoms with Gasteiger partial charge in [-0.1, -0.05) is 27.2 Å². The second-order valence-corrected chi connectivity index (χ2v) is 6.57. The van der Waals surface area contributed by atoms with E-state index in [1.54, 1.807) is 27.7 Å². The fourth-order valence-electron chi connectivity index (χ4n) is 2.41. The lowest BCUT2D eigenvalue weighted by Gasteiger charge is -2.32. The summed E-state index contributed by atoms with van der Waals surface area (Å²) in [4.78, 5) is 24.2. The summed E-state index contributed by atoms with van der Waals surface area (Å²) < 4.78 is 27.0. The molecule has 0 aliphatic heterocycles. The van der Waals surface area contributed by atoms with Crippen molar-refractivity contribution in [1.82, 2.24) is 0 Å². The highest BCUT2D eigenvalue weighted by Gasteiger charge is 2.52. The van der Waals surface area contributed by atoms with Gasteiger partial charge in [-0.15, -0.1) is 0 Å². The monoisotopic (exact) mass is 338 g/mol. The van der Waals surface area contributed by atoms with Crippen LogP contribution < -0.4 is 0 Å². The van der Waals surface area contributed by atoms with Crippen LogP contribution in [0.15, 0.2) is 0 Å². The Labute approximate surface area is 131 Å². The van der Waals surface area contributed by atoms with Crippen molar-refractivity contribution in [1.29, 1.82) is 0 Å². The van der Waals surface area contributed by atoms with Crippen molar-refractivity contribution in [3.8, 4) is 0 Å². The molecule has 0 aromatic carbocycles. The molecule has 1 N–H and O–H groups in total. The molecule has 2 atom stereocenters. The van der Waals surface area contributed by atoms with Crippen LogP contribution in [0, 0.1) is 11.3 Å². The van der Waals surface area contributed by atoms with E-state index in [-0.39, 0.29) is 19.6 Å². The molecule has 0 radical (unpaired) electrons. The smallest absolute Gasteiger partial charge is 0.480 e. The molecule has 0 aromatic rings. The summed E-state index contributed by atoms with van der Waals surface area (Å²) in [6, 6.07) is 0. The van der Waals surface area contributed by atoms with Crippen molar-refractivity contribution in [3.05, 3.63) is 0 Å². The van der Waals surface area contributed by atoms with Gasteiger partial charge < -0.3 is 9.63 Å². The molecule has 130 valence electrons. The molecule has 0 amide bonds. The Kier molecular flexibility index (Phi) is 8.89. The first-order valence-corrected chi connectivity index (χ1v) is 9.06. The highest BCUT2D eigenvalue weighted by molar-refractivity contribution is 7.49. The summed E-state index contributed by atoms with van der Waals surface area (Å²) in [7, 11) is -4.10. The van der Waals surface area contributed by atoms with Gasteiger partial charge in [-0.05, 0) is 32.6 Å². The van der Waals surface area contributed by atoms with Crippen LogP contribution in [0.4, 0.5) is 0 Å². The fraction of sp³-hybridized carbons (Fsp3) is 0.857. The maximum absolute atomic E-state index is 12.5. The summed E-state index contributed by atoms with van der Waals surface area (Å²) in [5.41, 5.74) is -1.76. The Morgan fingerprint density at radius 3 is 1.95 bits per heavy atom. The number of aliphatic carboxylic acids is 1. The zero-order valence-corrected chi connectivity index (χ0v) is 14.9. The van der Waals surface area contributed by atoms with Gasteiger partial charge in [0.2, 0.25) is 0 Å². The SMILES string of the molecule is CCCC(C)[C@@](CC)(C(=O)O)C(=O)OP(=O)(OCC)OCC. The van der Waals surface area contributed by atoms with Crippen molar-refractivity contribution in [3.63, 3.8) is 0 Å². The lowest BCUT2D eigenvalue weighted by atomic mass is 9.72. The summed E-state index contributed by atoms with van der Waals surface area (Å²) in [5, 5.41) is 9.58. The minimum absolute atomic E-state index is 0.0151. The van der Waals surface area contributed by atoms with Crippen LogP contribution in [0.2, 0.25) is 0 Å². The second kappa shape index (κ2) is 9.28. The lowest BCUT2D eigenvalue weighted by Crippen LogP contribution is -2.45. The topological polar surface area (TPSA) is 99.1 Å². The van der Waals surface area contributed by atoms with Gasteiger partial charge in [0.25, 0.3) is 0 Å². The first-order valence-electron chi connectivity index (χ1n) is 7.60. The Morgan fingerprint density at radius 1 is 1.14 bits per heavy atom. The quantitative estimate of drug-likeness (QED) is 0.453. The summed E-state index contributed by atoms with van der Waals surface area (Å²) in [6.45, 7) is 8.34. The molecule has 0 heterocycles. The van der Waals surface area contributed by atoms with E-state index in [9.17, 15) is 19.3 Å². The number of hydrogen-bond donors (Lipinski definition) is 1. The number of phosphoric ester groups is 1. The molecule has 0 spiro atoms. The fourth-order valence-corrected chi connectivity index (χ4v) is 3.59. The number of hydrogen-bond acceptors (Lipinski definition) is 6. The molecule has 0 saturated carbocycles. The van der Waals surface area contributed by atoms with Crippen LogP contribution in [0.5, 0.6) is 0 Å². The summed E-state index contributed by atoms with van der Waals surface area (Å²) >= 11 is 0. The normalized spacial score (nSPS) is 15.9. The van der Waals surface area contributed by atoms with E-state index >= 15 is 0 Å². The van der Waals surface area contributed by atoms with E-state index in [1.165, 1.54) is 0 Å². The first-order chi connectivity index (χ1) is 10.2. The first kappa shape index (κ1) is 21.1. The minimum atomic E-state index is -4.10. The third-order valence-electron chi connectivity index (χ3n) is 3.64. The molecule has 0 saturated heterocycles. The van der Waals surface area contributed by atoms with E-state index in [0.29, 0.717) is 6.42 Å². The molecule has 7 nitrogen and oxygen atoms in total. The maximum atomic E-state index is 12.5. The number of carbonyl (C=O) groups excluding carboxylic acids is 1. The average Bonchev–Trinajstić information content (AvgIpc) is 2.40. The Balaban J connectivity index is 5.53. The van der Waals surface area contributed by atoms with Crippen LogP contribution in [0.3, 0.4) is 0 Å². The third-order valence-corrected chi connectivity index (χ3v) is 5.17. The number of carboxylic acids is 1. The molecule has 0 aliphatic rings. The Hall–Kier alpha value is -0.910. The highest BCUT2D eigenvalue weighted by atomic mass is 31.2. The molecule has 0 aromatic heterocycles. The van der Waals surface area contributed by atoms with Crippen LogP contribution in [-0.4, -0.2) is 30.3 Å². The summed E-state index contributed by atoms with van der Waals surface area (Å²) in [6.07, 6.45) is 1.28. The van der Waals surface area contributed by atoms with Gasteiger partial charge in [0, 0.05) is 0 Å². The predicted molar refractivity (Wildman–Crippen MR) is 81.4 cm³/mol. The molecule has 22 heavy (non-hydrogen) atoms. The van der Waals surface area contributed by atoms with Gasteiger partial charge in [-0.2, -0.15) is 0 Å². The van der Waals surface area contributed by atoms with Crippen molar-refractivity contribution in [2.45, 2.75) is 53.9 Å². The maximum Gasteiger partial charge on any atom is 0.532 e. The average molecular weight is 338 g/mol. The van der Waals surface area contributed by atoms with Crippen molar-refractivity contribution in [2.75, 3.05) is 13.2 Å². The van der Waals surface area contributed by atoms with E-state index < -0.39 is 31.1 Å². The van der Waals surface area contributed by atoms with E-state index in [1.807, 2.05) is 6.92 Å². The van der Waals surface area contributed by atoms with Crippen molar-refractivity contribution < 1.29 is 32.8 Å². The van der Waals surface area contributed by atoms with E-state index in [2.05, 4.69) is 0 Å². The minimum Gasteiger partial charge on any atom is -0.480 e. The van der Waals surface area contributed by atoms with E-state index in [0.717, 1.165) is 6.42 Å². The zero-order chi connectivity index (χ0) is 17.4. The van der Waals surface area contributed by atoms with Gasteiger partial charge in [0.15, 0.2) is 5.41 Å². The molecule has 0 aliphatic carbocycles. The van der Waals surface area contributed by atoms with Crippen LogP contribution in [0.25, 0.3) is 0 Å². The molecule has 1 unspecified atom stereocenters. The van der Waals surface area contributed by atoms with Crippen LogP contribution in [0.1, 0.15) is 53.9 Å². The second-order valence-electron chi connectivity index (χ2n) is 4.98. The van der Waals surface area contributed by atoms with Crippen LogP contribution in [-0.2, 0) is 27.7 Å². The number of phosphoric acid groups is 1. The van der Waals surface area contributed by atoms with Gasteiger partial charge >= 0.3 is 19.8 Å². The molecule has 0 fully saturated rings. The Bertz CT molecular complexity index is 413. The number of rotatable bonds is 11. The largest absolute Gasteiger partial charge is 0.532 e. The lowest BCUT2D eigenvalue weighted by molar-refractivity contribution is -0.168. The molecule has 0 bridgehead atoms. The predicted octanol–water partition coefficient (Wildman–Crippen LogP) is 3.63. The van der Waals surface area contributed by atoms with Crippen molar-refractivity contribution in [2.24, 2.45) is 11.3 Å². The van der Waals surface area contributed by atoms with Gasteiger partial charge in [-0.25, -0.2) is 4.57 Å². The van der Waals surface area contributed by atoms with Gasteiger partial charge in [0.1, 0.15) is 0 Å². The van der Waals surface area contributed by atoms with Crippen LogP contribution >= 0.6 is 7.82 Å². The number of carboxylic acid groups (broad SMARTS) is 1. The standard InChI is InChI=1S/C14H27O7P/c1-6-10-11(5)14(7-2,12(15)16)13(17)21-22(18,19-8-3)20-9-4/h11H,6-10H2,1-5H3,(H,15,16)/t11?,14-/m0/s1. The van der Waals surface area contributed by atoms with Gasteiger partial charge in [-0.3, -0.25) is 18.6 Å². The molecular weight excluding hydrogens is 311 g/mol. The van der Waals surface area contributed by atoms with E-state index in [4.69, 9.17) is 13.6 Å². The van der Waals surface area contributed by atoms with Gasteiger partial charge in [0.05, 0.1) is 13.2 Å². The molecule has 0 rings (SSSR count). The van der Waals surface area contributed by atoms with Crippen molar-refractivity contribution >= 4 is 19.8 Å². The molecule has 8 heteroatoms. The highest BCUT2D eigenvalue weighted by Crippen LogP contribution is 2.52. The number of carbonyl (C=O) groups is 2.